The van der Waals surface area contributed by atoms with Crippen LogP contribution in [0.2, 0.25) is 0 Å². The lowest BCUT2D eigenvalue weighted by Crippen LogP contribution is -2.69. The molecule has 1 saturated heterocycles. The Morgan fingerprint density at radius 1 is 1.56 bits per heavy atom. The zero-order valence-electron chi connectivity index (χ0n) is 10.9. The Bertz CT molecular complexity index is 486. The minimum Gasteiger partial charge on any atom is -0.352 e. The van der Waals surface area contributed by atoms with Crippen molar-refractivity contribution in [1.82, 2.24) is 10.3 Å². The van der Waals surface area contributed by atoms with Gasteiger partial charge in [0.15, 0.2) is 0 Å². The SMILES string of the molecule is CC(C)NC1(C)CN(c2ncc(Br)cc2C#N)C1. The lowest BCUT2D eigenvalue weighted by Gasteiger charge is -2.50. The molecule has 1 aromatic heterocycles. The predicted molar refractivity (Wildman–Crippen MR) is 75.5 cm³/mol. The third kappa shape index (κ3) is 2.65. The van der Waals surface area contributed by atoms with E-state index in [0.29, 0.717) is 11.6 Å². The van der Waals surface area contributed by atoms with Crippen LogP contribution in [0.3, 0.4) is 0 Å². The molecule has 0 radical (unpaired) electrons. The molecule has 0 unspecified atom stereocenters. The molecule has 1 aromatic rings. The van der Waals surface area contributed by atoms with Crippen LogP contribution in [0.15, 0.2) is 16.7 Å². The number of halogens is 1. The molecule has 0 amide bonds. The molecule has 0 spiro atoms. The third-order valence-corrected chi connectivity index (χ3v) is 3.40. The van der Waals surface area contributed by atoms with Crippen LogP contribution in [0, 0.1) is 11.3 Å². The Morgan fingerprint density at radius 2 is 2.22 bits per heavy atom. The molecular formula is C13H17BrN4. The Morgan fingerprint density at radius 3 is 2.78 bits per heavy atom. The molecule has 0 bridgehead atoms. The maximum Gasteiger partial charge on any atom is 0.146 e. The van der Waals surface area contributed by atoms with Crippen LogP contribution in [-0.4, -0.2) is 29.7 Å². The minimum atomic E-state index is 0.121. The molecule has 1 aliphatic rings. The van der Waals surface area contributed by atoms with Gasteiger partial charge in [-0.1, -0.05) is 13.8 Å². The molecule has 4 nitrogen and oxygen atoms in total. The first-order valence-corrected chi connectivity index (χ1v) is 6.81. The highest BCUT2D eigenvalue weighted by molar-refractivity contribution is 9.10. The predicted octanol–water partition coefficient (Wildman–Crippen LogP) is 2.29. The molecule has 1 aliphatic heterocycles. The molecule has 18 heavy (non-hydrogen) atoms. The summed E-state index contributed by atoms with van der Waals surface area (Å²) in [5, 5.41) is 12.7. The van der Waals surface area contributed by atoms with Crippen molar-refractivity contribution in [1.29, 1.82) is 5.26 Å². The molecule has 2 heterocycles. The molecule has 2 rings (SSSR count). The average molecular weight is 309 g/mol. The van der Waals surface area contributed by atoms with Crippen LogP contribution in [-0.2, 0) is 0 Å². The van der Waals surface area contributed by atoms with Gasteiger partial charge in [-0.3, -0.25) is 0 Å². The molecule has 0 aromatic carbocycles. The van der Waals surface area contributed by atoms with Gasteiger partial charge in [-0.15, -0.1) is 0 Å². The molecule has 1 fully saturated rings. The van der Waals surface area contributed by atoms with Crippen molar-refractivity contribution in [2.75, 3.05) is 18.0 Å². The van der Waals surface area contributed by atoms with Crippen LogP contribution in [0.5, 0.6) is 0 Å². The van der Waals surface area contributed by atoms with E-state index in [1.807, 2.05) is 6.07 Å². The van der Waals surface area contributed by atoms with Crippen molar-refractivity contribution >= 4 is 21.7 Å². The van der Waals surface area contributed by atoms with Crippen molar-refractivity contribution in [3.8, 4) is 6.07 Å². The zero-order chi connectivity index (χ0) is 13.3. The highest BCUT2D eigenvalue weighted by atomic mass is 79.9. The van der Waals surface area contributed by atoms with E-state index in [1.165, 1.54) is 0 Å². The van der Waals surface area contributed by atoms with E-state index in [9.17, 15) is 0 Å². The van der Waals surface area contributed by atoms with E-state index in [0.717, 1.165) is 23.4 Å². The number of nitriles is 1. The molecule has 1 N–H and O–H groups in total. The smallest absolute Gasteiger partial charge is 0.146 e. The first kappa shape index (κ1) is 13.3. The van der Waals surface area contributed by atoms with Crippen molar-refractivity contribution in [3.05, 3.63) is 22.3 Å². The second-order valence-corrected chi connectivity index (χ2v) is 6.27. The van der Waals surface area contributed by atoms with Gasteiger partial charge in [0.05, 0.1) is 11.1 Å². The van der Waals surface area contributed by atoms with Crippen LogP contribution >= 0.6 is 15.9 Å². The van der Waals surface area contributed by atoms with Gasteiger partial charge in [0, 0.05) is 29.8 Å². The number of hydrogen-bond donors (Lipinski definition) is 1. The molecule has 0 saturated carbocycles. The fourth-order valence-electron chi connectivity index (χ4n) is 2.50. The summed E-state index contributed by atoms with van der Waals surface area (Å²) in [7, 11) is 0. The Hall–Kier alpha value is -1.12. The lowest BCUT2D eigenvalue weighted by molar-refractivity contribution is 0.260. The fourth-order valence-corrected chi connectivity index (χ4v) is 2.83. The van der Waals surface area contributed by atoms with Crippen molar-refractivity contribution in [2.45, 2.75) is 32.4 Å². The summed E-state index contributed by atoms with van der Waals surface area (Å²) in [6.07, 6.45) is 1.74. The van der Waals surface area contributed by atoms with Crippen LogP contribution in [0.1, 0.15) is 26.3 Å². The number of nitrogens with one attached hydrogen (secondary N) is 1. The summed E-state index contributed by atoms with van der Waals surface area (Å²) in [5.74, 6) is 0.781. The van der Waals surface area contributed by atoms with Gasteiger partial charge in [0.25, 0.3) is 0 Å². The monoisotopic (exact) mass is 308 g/mol. The van der Waals surface area contributed by atoms with Crippen LogP contribution in [0.25, 0.3) is 0 Å². The van der Waals surface area contributed by atoms with E-state index in [-0.39, 0.29) is 5.54 Å². The van der Waals surface area contributed by atoms with Gasteiger partial charge >= 0.3 is 0 Å². The van der Waals surface area contributed by atoms with Crippen molar-refractivity contribution < 1.29 is 0 Å². The highest BCUT2D eigenvalue weighted by Gasteiger charge is 2.40. The topological polar surface area (TPSA) is 52.0 Å². The minimum absolute atomic E-state index is 0.121. The average Bonchev–Trinajstić information content (AvgIpc) is 2.24. The van der Waals surface area contributed by atoms with Crippen LogP contribution < -0.4 is 10.2 Å². The van der Waals surface area contributed by atoms with Gasteiger partial charge in [0.1, 0.15) is 11.9 Å². The first-order chi connectivity index (χ1) is 8.43. The lowest BCUT2D eigenvalue weighted by atomic mass is 9.91. The second kappa shape index (κ2) is 4.87. The Balaban J connectivity index is 2.11. The maximum absolute atomic E-state index is 9.13. The number of hydrogen-bond acceptors (Lipinski definition) is 4. The molecular weight excluding hydrogens is 292 g/mol. The number of anilines is 1. The second-order valence-electron chi connectivity index (χ2n) is 5.35. The Labute approximate surface area is 116 Å². The van der Waals surface area contributed by atoms with Crippen molar-refractivity contribution in [3.63, 3.8) is 0 Å². The summed E-state index contributed by atoms with van der Waals surface area (Å²) < 4.78 is 0.839. The zero-order valence-corrected chi connectivity index (χ0v) is 12.5. The number of pyridine rings is 1. The van der Waals surface area contributed by atoms with E-state index >= 15 is 0 Å². The quantitative estimate of drug-likeness (QED) is 0.931. The largest absolute Gasteiger partial charge is 0.352 e. The van der Waals surface area contributed by atoms with Gasteiger partial charge in [-0.2, -0.15) is 5.26 Å². The molecule has 96 valence electrons. The maximum atomic E-state index is 9.13. The molecule has 5 heteroatoms. The summed E-state index contributed by atoms with van der Waals surface area (Å²) in [5.41, 5.74) is 0.742. The number of rotatable bonds is 3. The Kier molecular flexibility index (Phi) is 3.60. The van der Waals surface area contributed by atoms with E-state index in [2.05, 4.69) is 58.0 Å². The molecule has 0 atom stereocenters. The van der Waals surface area contributed by atoms with E-state index in [1.54, 1.807) is 6.20 Å². The van der Waals surface area contributed by atoms with Gasteiger partial charge in [-0.05, 0) is 28.9 Å². The van der Waals surface area contributed by atoms with E-state index < -0.39 is 0 Å². The fraction of sp³-hybridized carbons (Fsp3) is 0.538. The van der Waals surface area contributed by atoms with Crippen molar-refractivity contribution in [2.24, 2.45) is 0 Å². The summed E-state index contributed by atoms with van der Waals surface area (Å²) in [6.45, 7) is 8.26. The van der Waals surface area contributed by atoms with E-state index in [4.69, 9.17) is 5.26 Å². The third-order valence-electron chi connectivity index (χ3n) is 2.97. The van der Waals surface area contributed by atoms with Gasteiger partial charge < -0.3 is 10.2 Å². The van der Waals surface area contributed by atoms with Gasteiger partial charge in [0.2, 0.25) is 0 Å². The van der Waals surface area contributed by atoms with Crippen LogP contribution in [0.4, 0.5) is 5.82 Å². The number of nitrogens with zero attached hydrogens (tertiary/aromatic N) is 3. The standard InChI is InChI=1S/C13H17BrN4/c1-9(2)17-13(3)7-18(8-13)12-10(5-15)4-11(14)6-16-12/h4,6,9,17H,7-8H2,1-3H3. The number of aromatic nitrogens is 1. The highest BCUT2D eigenvalue weighted by Crippen LogP contribution is 2.29. The van der Waals surface area contributed by atoms with Gasteiger partial charge in [-0.25, -0.2) is 4.98 Å². The summed E-state index contributed by atoms with van der Waals surface area (Å²) in [4.78, 5) is 6.48. The summed E-state index contributed by atoms with van der Waals surface area (Å²) in [6, 6.07) is 4.48. The normalized spacial score (nSPS) is 17.4. The first-order valence-electron chi connectivity index (χ1n) is 6.02. The molecule has 0 aliphatic carbocycles. The summed E-state index contributed by atoms with van der Waals surface area (Å²) >= 11 is 3.34.